The van der Waals surface area contributed by atoms with Gasteiger partial charge in [0.15, 0.2) is 6.10 Å². The van der Waals surface area contributed by atoms with Gasteiger partial charge in [-0.25, -0.2) is 4.79 Å². The highest BCUT2D eigenvalue weighted by atomic mass is 32.1. The van der Waals surface area contributed by atoms with Gasteiger partial charge in [-0.15, -0.1) is 4.37 Å². The van der Waals surface area contributed by atoms with Gasteiger partial charge in [-0.1, -0.05) is 6.92 Å². The first-order chi connectivity index (χ1) is 10.2. The summed E-state index contributed by atoms with van der Waals surface area (Å²) >= 11 is 1.12. The summed E-state index contributed by atoms with van der Waals surface area (Å²) < 4.78 is 19.4. The standard InChI is InChI=1S/C14H23N3O3S/c1-4-11(14(18)19-5-2)20-13-12(15-21-16-13)17-9-7-6-8-10(17)3/h10-11H,4-9H2,1-3H3. The van der Waals surface area contributed by atoms with E-state index in [0.717, 1.165) is 36.9 Å². The van der Waals surface area contributed by atoms with Crippen LogP contribution in [0.25, 0.3) is 0 Å². The number of esters is 1. The fourth-order valence-corrected chi connectivity index (χ4v) is 3.01. The highest BCUT2D eigenvalue weighted by Gasteiger charge is 2.28. The summed E-state index contributed by atoms with van der Waals surface area (Å²) in [5, 5.41) is 0. The summed E-state index contributed by atoms with van der Waals surface area (Å²) in [6, 6.07) is 0.424. The zero-order chi connectivity index (χ0) is 15.2. The molecule has 0 spiro atoms. The predicted octanol–water partition coefficient (Wildman–Crippen LogP) is 2.64. The van der Waals surface area contributed by atoms with E-state index in [2.05, 4.69) is 20.6 Å². The van der Waals surface area contributed by atoms with Crippen molar-refractivity contribution >= 4 is 23.5 Å². The summed E-state index contributed by atoms with van der Waals surface area (Å²) in [5.74, 6) is 0.870. The van der Waals surface area contributed by atoms with Gasteiger partial charge in [0.05, 0.1) is 18.3 Å². The number of carbonyl (C=O) groups is 1. The number of carbonyl (C=O) groups excluding carboxylic acids is 1. The number of ether oxygens (including phenoxy) is 2. The number of nitrogens with zero attached hydrogens (tertiary/aromatic N) is 3. The minimum atomic E-state index is -0.618. The van der Waals surface area contributed by atoms with E-state index in [4.69, 9.17) is 9.47 Å². The lowest BCUT2D eigenvalue weighted by Crippen LogP contribution is -2.38. The van der Waals surface area contributed by atoms with E-state index in [1.165, 1.54) is 6.42 Å². The molecule has 1 saturated heterocycles. The van der Waals surface area contributed by atoms with Crippen molar-refractivity contribution in [3.63, 3.8) is 0 Å². The number of hydrogen-bond donors (Lipinski definition) is 0. The quantitative estimate of drug-likeness (QED) is 0.752. The Morgan fingerprint density at radius 3 is 2.90 bits per heavy atom. The molecule has 1 aromatic heterocycles. The molecule has 0 amide bonds. The lowest BCUT2D eigenvalue weighted by Gasteiger charge is -2.33. The van der Waals surface area contributed by atoms with Crippen molar-refractivity contribution in [3.8, 4) is 5.88 Å². The Bertz CT molecular complexity index is 466. The van der Waals surface area contributed by atoms with Crippen molar-refractivity contribution in [2.45, 2.75) is 58.6 Å². The molecule has 0 aromatic carbocycles. The molecule has 7 heteroatoms. The Morgan fingerprint density at radius 1 is 1.43 bits per heavy atom. The summed E-state index contributed by atoms with van der Waals surface area (Å²) in [6.07, 6.45) is 3.47. The second-order valence-corrected chi connectivity index (χ2v) is 5.73. The number of anilines is 1. The summed E-state index contributed by atoms with van der Waals surface area (Å²) in [6.45, 7) is 7.18. The average Bonchev–Trinajstić information content (AvgIpc) is 2.93. The maximum absolute atomic E-state index is 11.8. The van der Waals surface area contributed by atoms with Gasteiger partial charge in [-0.3, -0.25) is 0 Å². The van der Waals surface area contributed by atoms with Crippen molar-refractivity contribution in [3.05, 3.63) is 0 Å². The molecule has 2 rings (SSSR count). The summed E-state index contributed by atoms with van der Waals surface area (Å²) in [5.41, 5.74) is 0. The second kappa shape index (κ2) is 7.59. The lowest BCUT2D eigenvalue weighted by atomic mass is 10.0. The molecule has 0 saturated carbocycles. The van der Waals surface area contributed by atoms with Gasteiger partial charge in [0.1, 0.15) is 0 Å². The van der Waals surface area contributed by atoms with Crippen molar-refractivity contribution in [1.82, 2.24) is 8.75 Å². The Kier molecular flexibility index (Phi) is 5.78. The number of aromatic nitrogens is 2. The second-order valence-electron chi connectivity index (χ2n) is 5.20. The SMILES string of the molecule is CCOC(=O)C(CC)Oc1nsnc1N1CCCCC1C. The Labute approximate surface area is 129 Å². The van der Waals surface area contributed by atoms with Crippen molar-refractivity contribution < 1.29 is 14.3 Å². The predicted molar refractivity (Wildman–Crippen MR) is 81.9 cm³/mol. The molecule has 2 heterocycles. The number of piperidine rings is 1. The van der Waals surface area contributed by atoms with Gasteiger partial charge in [-0.05, 0) is 39.5 Å². The first kappa shape index (κ1) is 16.0. The fourth-order valence-electron chi connectivity index (χ4n) is 2.51. The molecule has 1 aliphatic heterocycles. The molecule has 2 atom stereocenters. The highest BCUT2D eigenvalue weighted by Crippen LogP contribution is 2.32. The molecule has 21 heavy (non-hydrogen) atoms. The third-order valence-corrected chi connectivity index (χ3v) is 4.19. The molecule has 2 unspecified atom stereocenters. The Hall–Kier alpha value is -1.37. The van der Waals surface area contributed by atoms with Crippen LogP contribution >= 0.6 is 11.7 Å². The van der Waals surface area contributed by atoms with Crippen LogP contribution in [0.5, 0.6) is 5.88 Å². The van der Waals surface area contributed by atoms with Crippen LogP contribution in [0.4, 0.5) is 5.82 Å². The average molecular weight is 313 g/mol. The topological polar surface area (TPSA) is 64.5 Å². The van der Waals surface area contributed by atoms with E-state index < -0.39 is 6.10 Å². The van der Waals surface area contributed by atoms with Crippen LogP contribution in [0.15, 0.2) is 0 Å². The normalized spacial score (nSPS) is 20.1. The first-order valence-corrected chi connectivity index (χ1v) is 8.32. The minimum absolute atomic E-state index is 0.342. The first-order valence-electron chi connectivity index (χ1n) is 7.59. The Morgan fingerprint density at radius 2 is 2.24 bits per heavy atom. The molecule has 0 radical (unpaired) electrons. The van der Waals surface area contributed by atoms with Crippen LogP contribution < -0.4 is 9.64 Å². The lowest BCUT2D eigenvalue weighted by molar-refractivity contribution is -0.151. The van der Waals surface area contributed by atoms with Gasteiger partial charge in [0.25, 0.3) is 5.88 Å². The summed E-state index contributed by atoms with van der Waals surface area (Å²) in [4.78, 5) is 14.1. The van der Waals surface area contributed by atoms with E-state index in [9.17, 15) is 4.79 Å². The smallest absolute Gasteiger partial charge is 0.347 e. The molecule has 1 aromatic rings. The fraction of sp³-hybridized carbons (Fsp3) is 0.786. The van der Waals surface area contributed by atoms with Crippen molar-refractivity contribution in [1.29, 1.82) is 0 Å². The third-order valence-electron chi connectivity index (χ3n) is 3.69. The van der Waals surface area contributed by atoms with Crippen molar-refractivity contribution in [2.24, 2.45) is 0 Å². The zero-order valence-electron chi connectivity index (χ0n) is 12.9. The van der Waals surface area contributed by atoms with E-state index in [1.54, 1.807) is 6.92 Å². The van der Waals surface area contributed by atoms with Gasteiger partial charge in [-0.2, -0.15) is 4.37 Å². The van der Waals surface area contributed by atoms with Gasteiger partial charge in [0.2, 0.25) is 5.82 Å². The number of rotatable bonds is 6. The maximum Gasteiger partial charge on any atom is 0.347 e. The van der Waals surface area contributed by atoms with Gasteiger partial charge >= 0.3 is 5.97 Å². The minimum Gasteiger partial charge on any atom is -0.463 e. The molecule has 118 valence electrons. The van der Waals surface area contributed by atoms with Gasteiger partial charge < -0.3 is 14.4 Å². The summed E-state index contributed by atoms with van der Waals surface area (Å²) in [7, 11) is 0. The van der Waals surface area contributed by atoms with Gasteiger partial charge in [0, 0.05) is 12.6 Å². The van der Waals surface area contributed by atoms with Crippen LogP contribution in [0.2, 0.25) is 0 Å². The highest BCUT2D eigenvalue weighted by molar-refractivity contribution is 6.99. The van der Waals surface area contributed by atoms with Crippen LogP contribution in [0, 0.1) is 0 Å². The van der Waals surface area contributed by atoms with Crippen molar-refractivity contribution in [2.75, 3.05) is 18.1 Å². The molecular formula is C14H23N3O3S. The largest absolute Gasteiger partial charge is 0.463 e. The van der Waals surface area contributed by atoms with Crippen LogP contribution in [0.1, 0.15) is 46.5 Å². The molecule has 6 nitrogen and oxygen atoms in total. The third kappa shape index (κ3) is 3.84. The molecular weight excluding hydrogens is 290 g/mol. The molecule has 0 N–H and O–H groups in total. The van der Waals surface area contributed by atoms with E-state index in [-0.39, 0.29) is 5.97 Å². The maximum atomic E-state index is 11.8. The Balaban J connectivity index is 2.10. The number of hydrogen-bond acceptors (Lipinski definition) is 7. The molecule has 0 bridgehead atoms. The molecule has 1 fully saturated rings. The zero-order valence-corrected chi connectivity index (χ0v) is 13.7. The van der Waals surface area contributed by atoms with Crippen LogP contribution in [-0.4, -0.2) is 40.0 Å². The molecule has 1 aliphatic rings. The molecule has 0 aliphatic carbocycles. The monoisotopic (exact) mass is 313 g/mol. The van der Waals surface area contributed by atoms with E-state index in [1.807, 2.05) is 6.92 Å². The van der Waals surface area contributed by atoms with Crippen LogP contribution in [-0.2, 0) is 9.53 Å². The van der Waals surface area contributed by atoms with Crippen LogP contribution in [0.3, 0.4) is 0 Å². The van der Waals surface area contributed by atoms with E-state index in [0.29, 0.717) is 24.9 Å². The van der Waals surface area contributed by atoms with E-state index >= 15 is 0 Å².